The summed E-state index contributed by atoms with van der Waals surface area (Å²) in [5.74, 6) is 2.09. The van der Waals surface area contributed by atoms with Crippen LogP contribution in [0.5, 0.6) is 0 Å². The van der Waals surface area contributed by atoms with Crippen LogP contribution in [0.15, 0.2) is 115 Å². The average molecular weight is 1080 g/mol. The first-order valence-corrected chi connectivity index (χ1v) is 19.0. The summed E-state index contributed by atoms with van der Waals surface area (Å²) < 4.78 is 8.85. The lowest BCUT2D eigenvalue weighted by molar-refractivity contribution is -0.648. The van der Waals surface area contributed by atoms with Gasteiger partial charge in [0.1, 0.15) is 11.5 Å². The van der Waals surface area contributed by atoms with Gasteiger partial charge in [-0.25, -0.2) is 14.1 Å². The van der Waals surface area contributed by atoms with Crippen LogP contribution in [0.2, 0.25) is 0 Å². The van der Waals surface area contributed by atoms with E-state index in [9.17, 15) is 0 Å². The molecule has 0 saturated carbocycles. The van der Waals surface area contributed by atoms with Crippen LogP contribution in [-0.4, -0.2) is 19.5 Å². The third-order valence-electron chi connectivity index (χ3n) is 7.16. The maximum Gasteiger partial charge on any atom is 0.289 e. The number of hydrogen-bond donors (Lipinski definition) is 1. The van der Waals surface area contributed by atoms with Crippen LogP contribution in [0.3, 0.4) is 0 Å². The van der Waals surface area contributed by atoms with Gasteiger partial charge in [0.25, 0.3) is 5.82 Å². The van der Waals surface area contributed by atoms with Crippen molar-refractivity contribution < 1.29 is 28.5 Å². The summed E-state index contributed by atoms with van der Waals surface area (Å²) in [4.78, 5) is 10.0. The molecule has 1 N–H and O–H groups in total. The number of rotatable bonds is 4. The molecule has 0 aliphatic heterocycles. The molecular formula is C35H32Br4I2N4. The number of nitrogens with zero attached hydrogens (tertiary/aromatic N) is 3. The van der Waals surface area contributed by atoms with Crippen LogP contribution >= 0.6 is 86.3 Å². The van der Waals surface area contributed by atoms with Gasteiger partial charge in [-0.3, -0.25) is 0 Å². The summed E-state index contributed by atoms with van der Waals surface area (Å²) in [5.41, 5.74) is 9.20. The molecule has 0 bridgehead atoms. The Labute approximate surface area is 330 Å². The second-order valence-corrected chi connectivity index (χ2v) is 13.6. The summed E-state index contributed by atoms with van der Waals surface area (Å²) in [6.07, 6.45) is 0. The summed E-state index contributed by atoms with van der Waals surface area (Å²) in [5, 5.41) is 0. The highest BCUT2D eigenvalue weighted by atomic mass is 127. The number of aromatic amines is 1. The fourth-order valence-electron chi connectivity index (χ4n) is 4.98. The summed E-state index contributed by atoms with van der Waals surface area (Å²) in [6, 6.07) is 33.3. The Morgan fingerprint density at radius 3 is 1.44 bits per heavy atom. The first-order valence-electron chi connectivity index (χ1n) is 13.7. The molecule has 0 unspecified atom stereocenters. The molecule has 0 fully saturated rings. The van der Waals surface area contributed by atoms with E-state index in [1.165, 1.54) is 28.3 Å². The first kappa shape index (κ1) is 38.1. The predicted molar refractivity (Wildman–Crippen MR) is 207 cm³/mol. The smallest absolute Gasteiger partial charge is 0.289 e. The van der Waals surface area contributed by atoms with E-state index >= 15 is 0 Å². The highest BCUT2D eigenvalue weighted by molar-refractivity contribution is 14.1. The Hall–Kier alpha value is -1.32. The fraction of sp³-hybridized carbons (Fsp3) is 0.143. The van der Waals surface area contributed by atoms with Crippen molar-refractivity contribution in [1.82, 2.24) is 14.5 Å². The maximum absolute atomic E-state index is 4.72. The summed E-state index contributed by atoms with van der Waals surface area (Å²) in [6.45, 7) is 4.21. The molecule has 0 aliphatic rings. The van der Waals surface area contributed by atoms with Crippen molar-refractivity contribution in [2.75, 3.05) is 4.93 Å². The molecule has 0 spiro atoms. The number of H-pyrrole nitrogens is 1. The van der Waals surface area contributed by atoms with E-state index in [0.717, 1.165) is 46.2 Å². The van der Waals surface area contributed by atoms with E-state index in [0.29, 0.717) is 0 Å². The molecular weight excluding hydrogens is 1050 g/mol. The van der Waals surface area contributed by atoms with Crippen LogP contribution in [0.4, 0.5) is 0 Å². The van der Waals surface area contributed by atoms with Crippen molar-refractivity contribution in [3.05, 3.63) is 126 Å². The number of imidazole rings is 2. The third-order valence-corrected chi connectivity index (χ3v) is 9.27. The molecule has 0 aliphatic carbocycles. The Morgan fingerprint density at radius 1 is 0.622 bits per heavy atom. The van der Waals surface area contributed by atoms with Gasteiger partial charge >= 0.3 is 0 Å². The van der Waals surface area contributed by atoms with E-state index < -0.39 is 0 Å². The Kier molecular flexibility index (Phi) is 15.0. The second kappa shape index (κ2) is 17.7. The Bertz CT molecular complexity index is 1760. The number of benzene rings is 4. The molecule has 0 amide bonds. The van der Waals surface area contributed by atoms with Crippen LogP contribution in [0.25, 0.3) is 45.3 Å². The SMILES string of the molecule is CI.Cc1[nH]c(-c2ccc(Br)cc2)nc1-c1ccc(Br)cc1.Cc1c(-c2ccc(Br)cc2)[n+](C)c(-c2ccc(Br)cc2)n1C.[I-]. The van der Waals surface area contributed by atoms with Gasteiger partial charge < -0.3 is 29.0 Å². The second-order valence-electron chi connectivity index (χ2n) is 9.96. The normalized spacial score (nSPS) is 10.3. The molecule has 0 atom stereocenters. The van der Waals surface area contributed by atoms with E-state index in [2.05, 4.69) is 182 Å². The molecule has 2 heterocycles. The monoisotopic (exact) mass is 1080 g/mol. The van der Waals surface area contributed by atoms with E-state index in [1.807, 2.05) is 48.3 Å². The van der Waals surface area contributed by atoms with Gasteiger partial charge in [0, 0.05) is 47.2 Å². The molecule has 0 radical (unpaired) electrons. The lowest BCUT2D eigenvalue weighted by Gasteiger charge is -2.01. The highest BCUT2D eigenvalue weighted by Gasteiger charge is 2.25. The van der Waals surface area contributed by atoms with Crippen molar-refractivity contribution in [3.8, 4) is 45.3 Å². The lowest BCUT2D eigenvalue weighted by atomic mass is 10.1. The van der Waals surface area contributed by atoms with Crippen molar-refractivity contribution in [2.24, 2.45) is 14.1 Å². The van der Waals surface area contributed by atoms with E-state index in [-0.39, 0.29) is 24.0 Å². The molecule has 6 aromatic rings. The largest absolute Gasteiger partial charge is 1.00 e. The van der Waals surface area contributed by atoms with Gasteiger partial charge in [0.05, 0.1) is 25.4 Å². The van der Waals surface area contributed by atoms with Gasteiger partial charge in [-0.05, 0) is 84.7 Å². The molecule has 45 heavy (non-hydrogen) atoms. The average Bonchev–Trinajstić information content (AvgIpc) is 3.52. The Morgan fingerprint density at radius 2 is 1.00 bits per heavy atom. The van der Waals surface area contributed by atoms with Gasteiger partial charge in [-0.15, -0.1) is 0 Å². The molecule has 234 valence electrons. The highest BCUT2D eigenvalue weighted by Crippen LogP contribution is 2.29. The fourth-order valence-corrected chi connectivity index (χ4v) is 6.04. The predicted octanol–water partition coefficient (Wildman–Crippen LogP) is 8.65. The lowest BCUT2D eigenvalue weighted by Crippen LogP contribution is -3.00. The molecule has 6 rings (SSSR count). The number of hydrogen-bond acceptors (Lipinski definition) is 1. The van der Waals surface area contributed by atoms with Crippen LogP contribution in [0, 0.1) is 13.8 Å². The minimum atomic E-state index is 0. The van der Waals surface area contributed by atoms with Crippen molar-refractivity contribution in [3.63, 3.8) is 0 Å². The van der Waals surface area contributed by atoms with E-state index in [1.54, 1.807) is 0 Å². The van der Waals surface area contributed by atoms with Gasteiger partial charge in [0.15, 0.2) is 5.69 Å². The molecule has 10 heteroatoms. The molecule has 2 aromatic heterocycles. The minimum Gasteiger partial charge on any atom is -1.00 e. The summed E-state index contributed by atoms with van der Waals surface area (Å²) in [7, 11) is 4.25. The quantitative estimate of drug-likeness (QED) is 0.107. The zero-order valence-corrected chi connectivity index (χ0v) is 36.0. The number of nitrogens with one attached hydrogen (secondary N) is 1. The number of halogens is 6. The number of alkyl halides is 1. The van der Waals surface area contributed by atoms with Gasteiger partial charge in [-0.2, -0.15) is 0 Å². The van der Waals surface area contributed by atoms with E-state index in [4.69, 9.17) is 4.98 Å². The Balaban J connectivity index is 0.000000229. The van der Waals surface area contributed by atoms with Crippen LogP contribution in [-0.2, 0) is 14.1 Å². The van der Waals surface area contributed by atoms with Crippen LogP contribution in [0.1, 0.15) is 11.4 Å². The number of aryl methyl sites for hydroxylation is 1. The van der Waals surface area contributed by atoms with Gasteiger partial charge in [-0.1, -0.05) is 111 Å². The standard InChI is InChI=1S/C18H17Br2N2.C16H12Br2N2.CH3I.HI/c1-12-17(13-4-8-15(19)9-5-13)22(3)18(21(12)2)14-6-10-16(20)11-7-14;1-10-15(11-2-6-13(17)7-3-11)20-16(19-10)12-4-8-14(18)9-5-12;1-2;/h4-11H,1-3H3;2-9H,1H3,(H,19,20);1H3;1H/q+1;;;/p-1. The first-order chi connectivity index (χ1) is 21.1. The van der Waals surface area contributed by atoms with Crippen LogP contribution < -0.4 is 28.5 Å². The maximum atomic E-state index is 4.72. The zero-order chi connectivity index (χ0) is 32.0. The summed E-state index contributed by atoms with van der Waals surface area (Å²) >= 11 is 16.1. The van der Waals surface area contributed by atoms with Crippen molar-refractivity contribution >= 4 is 86.3 Å². The van der Waals surface area contributed by atoms with Gasteiger partial charge in [0.2, 0.25) is 0 Å². The molecule has 4 nitrogen and oxygen atoms in total. The molecule has 4 aromatic carbocycles. The topological polar surface area (TPSA) is 37.5 Å². The van der Waals surface area contributed by atoms with Crippen molar-refractivity contribution in [2.45, 2.75) is 13.8 Å². The minimum absolute atomic E-state index is 0. The number of aromatic nitrogens is 4. The zero-order valence-electron chi connectivity index (χ0n) is 25.3. The third kappa shape index (κ3) is 9.40. The van der Waals surface area contributed by atoms with Crippen molar-refractivity contribution in [1.29, 1.82) is 0 Å². The molecule has 0 saturated heterocycles.